The third-order valence-corrected chi connectivity index (χ3v) is 5.26. The SMILES string of the molecule is [2H]C([2H])([2H])N(C(=O)c1cc(F)cc(F)c1)c1cnnc2c1oc1c([C@@H](C)NC(=O)OC(C)(C)C)cc(C)cc12. The topological polar surface area (TPSA) is 97.6 Å². The molecule has 4 rings (SSSR count). The molecule has 0 spiro atoms. The predicted molar refractivity (Wildman–Crippen MR) is 131 cm³/mol. The first-order valence-electron chi connectivity index (χ1n) is 12.5. The molecule has 0 radical (unpaired) electrons. The number of aryl methyl sites for hydroxylation is 1. The highest BCUT2D eigenvalue weighted by Gasteiger charge is 2.25. The first-order chi connectivity index (χ1) is 18.0. The summed E-state index contributed by atoms with van der Waals surface area (Å²) in [5, 5.41) is 11.2. The molecule has 0 aliphatic rings. The van der Waals surface area contributed by atoms with E-state index in [4.69, 9.17) is 13.3 Å². The molecule has 1 N–H and O–H groups in total. The molecule has 0 aliphatic heterocycles. The van der Waals surface area contributed by atoms with Gasteiger partial charge in [-0.3, -0.25) is 4.79 Å². The van der Waals surface area contributed by atoms with Gasteiger partial charge in [-0.2, -0.15) is 5.10 Å². The quantitative estimate of drug-likeness (QED) is 0.380. The lowest BCUT2D eigenvalue weighted by Crippen LogP contribution is -2.34. The van der Waals surface area contributed by atoms with Crippen molar-refractivity contribution >= 4 is 39.8 Å². The summed E-state index contributed by atoms with van der Waals surface area (Å²) in [6.07, 6.45) is 0.377. The molecule has 0 saturated heterocycles. The third kappa shape index (κ3) is 4.98. The summed E-state index contributed by atoms with van der Waals surface area (Å²) in [7, 11) is 0. The van der Waals surface area contributed by atoms with E-state index in [1.807, 2.05) is 6.92 Å². The summed E-state index contributed by atoms with van der Waals surface area (Å²) in [5.41, 5.74) is 0.158. The van der Waals surface area contributed by atoms with Gasteiger partial charge >= 0.3 is 6.09 Å². The van der Waals surface area contributed by atoms with Crippen molar-refractivity contribution in [3.63, 3.8) is 0 Å². The van der Waals surface area contributed by atoms with Crippen molar-refractivity contribution in [2.75, 3.05) is 11.9 Å². The number of alkyl carbamates (subject to hydrolysis) is 1. The molecule has 0 unspecified atom stereocenters. The Morgan fingerprint density at radius 3 is 2.47 bits per heavy atom. The minimum absolute atomic E-state index is 0.0855. The van der Waals surface area contributed by atoms with E-state index in [0.717, 1.165) is 23.9 Å². The monoisotopic (exact) mass is 499 g/mol. The second-order valence-corrected chi connectivity index (χ2v) is 9.41. The van der Waals surface area contributed by atoms with Crippen molar-refractivity contribution in [1.82, 2.24) is 15.5 Å². The van der Waals surface area contributed by atoms with E-state index in [2.05, 4.69) is 15.5 Å². The number of hydrogen-bond donors (Lipinski definition) is 1. The molecule has 2 aromatic carbocycles. The van der Waals surface area contributed by atoms with Gasteiger partial charge in [0.05, 0.1) is 12.2 Å². The van der Waals surface area contributed by atoms with Crippen molar-refractivity contribution < 1.29 is 31.6 Å². The highest BCUT2D eigenvalue weighted by atomic mass is 19.1. The van der Waals surface area contributed by atoms with Crippen LogP contribution in [0.25, 0.3) is 22.1 Å². The Balaban J connectivity index is 1.88. The zero-order valence-electron chi connectivity index (χ0n) is 23.3. The lowest BCUT2D eigenvalue weighted by Gasteiger charge is -2.22. The summed E-state index contributed by atoms with van der Waals surface area (Å²) in [6, 6.07) is 4.96. The summed E-state index contributed by atoms with van der Waals surface area (Å²) in [5.74, 6) is -3.28. The Hall–Kier alpha value is -4.08. The van der Waals surface area contributed by atoms with Gasteiger partial charge in [0.15, 0.2) is 5.58 Å². The van der Waals surface area contributed by atoms with Crippen LogP contribution in [0.4, 0.5) is 19.3 Å². The van der Waals surface area contributed by atoms with Crippen LogP contribution in [0.5, 0.6) is 0 Å². The Morgan fingerprint density at radius 2 is 1.83 bits per heavy atom. The van der Waals surface area contributed by atoms with E-state index in [0.29, 0.717) is 21.9 Å². The van der Waals surface area contributed by atoms with Crippen LogP contribution in [0.1, 0.15) is 59.3 Å². The second kappa shape index (κ2) is 9.18. The fraction of sp³-hybridized carbons (Fsp3) is 0.308. The van der Waals surface area contributed by atoms with Gasteiger partial charge < -0.3 is 19.4 Å². The van der Waals surface area contributed by atoms with Crippen molar-refractivity contribution in [3.05, 3.63) is 64.9 Å². The van der Waals surface area contributed by atoms with Gasteiger partial charge in [0.1, 0.15) is 34.0 Å². The highest BCUT2D eigenvalue weighted by Crippen LogP contribution is 2.37. The molecule has 188 valence electrons. The van der Waals surface area contributed by atoms with Crippen LogP contribution in [0.2, 0.25) is 0 Å². The number of anilines is 1. The number of nitrogens with zero attached hydrogens (tertiary/aromatic N) is 3. The van der Waals surface area contributed by atoms with E-state index in [9.17, 15) is 18.4 Å². The second-order valence-electron chi connectivity index (χ2n) is 9.41. The summed E-state index contributed by atoms with van der Waals surface area (Å²) < 4.78 is 63.2. The molecular formula is C26H26F2N4O4. The third-order valence-electron chi connectivity index (χ3n) is 5.26. The fourth-order valence-corrected chi connectivity index (χ4v) is 3.80. The largest absolute Gasteiger partial charge is 0.452 e. The Labute approximate surface area is 210 Å². The van der Waals surface area contributed by atoms with Gasteiger partial charge in [-0.15, -0.1) is 5.10 Å². The molecule has 0 fully saturated rings. The zero-order valence-corrected chi connectivity index (χ0v) is 20.3. The average molecular weight is 500 g/mol. The van der Waals surface area contributed by atoms with Gasteiger partial charge in [0, 0.05) is 33.7 Å². The van der Waals surface area contributed by atoms with Crippen molar-refractivity contribution in [2.45, 2.75) is 46.3 Å². The van der Waals surface area contributed by atoms with Gasteiger partial charge in [-0.25, -0.2) is 13.6 Å². The van der Waals surface area contributed by atoms with Crippen LogP contribution >= 0.6 is 0 Å². The Kier molecular flexibility index (Phi) is 5.41. The van der Waals surface area contributed by atoms with Crippen molar-refractivity contribution in [2.24, 2.45) is 0 Å². The molecule has 2 aromatic heterocycles. The number of ether oxygens (including phenoxy) is 1. The zero-order chi connectivity index (χ0) is 28.9. The molecule has 1 atom stereocenters. The number of amides is 2. The lowest BCUT2D eigenvalue weighted by molar-refractivity contribution is 0.0508. The summed E-state index contributed by atoms with van der Waals surface area (Å²) >= 11 is 0. The van der Waals surface area contributed by atoms with Crippen LogP contribution in [-0.4, -0.2) is 34.8 Å². The van der Waals surface area contributed by atoms with E-state index in [1.54, 1.807) is 39.8 Å². The number of nitrogens with one attached hydrogen (secondary N) is 1. The number of rotatable bonds is 4. The molecule has 10 heteroatoms. The van der Waals surface area contributed by atoms with Crippen LogP contribution in [0.15, 0.2) is 40.9 Å². The molecule has 8 nitrogen and oxygen atoms in total. The number of benzene rings is 2. The van der Waals surface area contributed by atoms with Gasteiger partial charge in [0.2, 0.25) is 0 Å². The fourth-order valence-electron chi connectivity index (χ4n) is 3.80. The van der Waals surface area contributed by atoms with Crippen LogP contribution < -0.4 is 10.2 Å². The standard InChI is InChI=1S/C26H26F2N4O4/c1-13-7-18(14(2)30-25(34)36-26(3,4)5)22-19(8-13)21-23(35-22)20(12-29-31-21)32(6)24(33)15-9-16(27)11-17(28)10-15/h7-12,14H,1-6H3,(H,30,34)/t14-/m1/s1/i6D3. The molecule has 2 heterocycles. The minimum atomic E-state index is -3.08. The normalized spacial score (nSPS) is 14.1. The van der Waals surface area contributed by atoms with Crippen LogP contribution in [-0.2, 0) is 4.74 Å². The molecule has 4 aromatic rings. The molecule has 0 aliphatic carbocycles. The molecule has 36 heavy (non-hydrogen) atoms. The van der Waals surface area contributed by atoms with Gasteiger partial charge in [0.25, 0.3) is 5.91 Å². The van der Waals surface area contributed by atoms with E-state index >= 15 is 0 Å². The molecular weight excluding hydrogens is 470 g/mol. The highest BCUT2D eigenvalue weighted by molar-refractivity contribution is 6.13. The van der Waals surface area contributed by atoms with E-state index < -0.39 is 47.8 Å². The lowest BCUT2D eigenvalue weighted by atomic mass is 10.0. The smallest absolute Gasteiger partial charge is 0.408 e. The van der Waals surface area contributed by atoms with Crippen LogP contribution in [0.3, 0.4) is 0 Å². The molecule has 0 saturated carbocycles. The van der Waals surface area contributed by atoms with Crippen LogP contribution in [0, 0.1) is 18.6 Å². The van der Waals surface area contributed by atoms with Gasteiger partial charge in [-0.05, 0) is 58.4 Å². The van der Waals surface area contributed by atoms with Gasteiger partial charge in [-0.1, -0.05) is 6.07 Å². The maximum atomic E-state index is 13.9. The van der Waals surface area contributed by atoms with Crippen molar-refractivity contribution in [3.8, 4) is 0 Å². The number of hydrogen-bond acceptors (Lipinski definition) is 6. The maximum Gasteiger partial charge on any atom is 0.408 e. The number of furan rings is 1. The van der Waals surface area contributed by atoms with E-state index in [1.165, 1.54) is 0 Å². The Bertz CT molecular complexity index is 1580. The first kappa shape index (κ1) is 21.2. The van der Waals surface area contributed by atoms with E-state index in [-0.39, 0.29) is 22.4 Å². The van der Waals surface area contributed by atoms with Crippen molar-refractivity contribution in [1.29, 1.82) is 0 Å². The Morgan fingerprint density at radius 1 is 1.14 bits per heavy atom. The number of carbonyl (C=O) groups excluding carboxylic acids is 2. The first-order valence-corrected chi connectivity index (χ1v) is 11.0. The summed E-state index contributed by atoms with van der Waals surface area (Å²) in [4.78, 5) is 26.1. The number of aromatic nitrogens is 2. The maximum absolute atomic E-state index is 13.9. The molecule has 2 amide bonds. The molecule has 0 bridgehead atoms. The number of halogens is 2. The minimum Gasteiger partial charge on any atom is -0.452 e. The average Bonchev–Trinajstić information content (AvgIpc) is 3.15. The number of carbonyl (C=O) groups is 2. The summed E-state index contributed by atoms with van der Waals surface area (Å²) in [6.45, 7) is 5.65. The number of fused-ring (bicyclic) bond motifs is 3. The predicted octanol–water partition coefficient (Wildman–Crippen LogP) is 5.82.